The van der Waals surface area contributed by atoms with Crippen molar-refractivity contribution >= 4 is 39.6 Å². The second-order valence-corrected chi connectivity index (χ2v) is 12.0. The summed E-state index contributed by atoms with van der Waals surface area (Å²) in [5, 5.41) is 8.65. The number of hydrogen-bond donors (Lipinski definition) is 1. The number of thioether (sulfide) groups is 1. The van der Waals surface area contributed by atoms with Crippen molar-refractivity contribution in [3.05, 3.63) is 74.9 Å². The van der Waals surface area contributed by atoms with Gasteiger partial charge in [-0.15, -0.1) is 5.10 Å². The number of halogens is 1. The van der Waals surface area contributed by atoms with E-state index in [-0.39, 0.29) is 5.41 Å². The fraction of sp³-hybridized carbons (Fsp3) is 0.393. The molecule has 0 bridgehead atoms. The Balaban J connectivity index is 1.73. The van der Waals surface area contributed by atoms with Crippen molar-refractivity contribution in [2.75, 3.05) is 18.2 Å². The number of esters is 1. The Morgan fingerprint density at radius 3 is 2.57 bits per heavy atom. The fourth-order valence-corrected chi connectivity index (χ4v) is 5.24. The van der Waals surface area contributed by atoms with Gasteiger partial charge in [0.05, 0.1) is 12.7 Å². The molecular formula is C28H33BrN4O3S. The number of carbonyl (C=O) groups is 1. The number of anilines is 1. The van der Waals surface area contributed by atoms with Crippen molar-refractivity contribution in [2.45, 2.75) is 64.3 Å². The monoisotopic (exact) mass is 584 g/mol. The van der Waals surface area contributed by atoms with Gasteiger partial charge in [-0.05, 0) is 48.1 Å². The molecule has 0 amide bonds. The zero-order valence-corrected chi connectivity index (χ0v) is 24.5. The predicted molar refractivity (Wildman–Crippen MR) is 151 cm³/mol. The van der Waals surface area contributed by atoms with Crippen LogP contribution < -0.4 is 10.1 Å². The van der Waals surface area contributed by atoms with Gasteiger partial charge in [-0.2, -0.15) is 4.98 Å². The number of nitrogens with zero attached hydrogens (tertiary/aromatic N) is 3. The van der Waals surface area contributed by atoms with Gasteiger partial charge in [0, 0.05) is 21.5 Å². The largest absolute Gasteiger partial charge is 0.489 e. The van der Waals surface area contributed by atoms with Crippen molar-refractivity contribution in [3.8, 4) is 5.75 Å². The summed E-state index contributed by atoms with van der Waals surface area (Å²) in [5.41, 5.74) is 4.35. The molecule has 2 heterocycles. The third kappa shape index (κ3) is 6.04. The molecule has 9 heteroatoms. The molecule has 1 unspecified atom stereocenters. The minimum atomic E-state index is -0.567. The summed E-state index contributed by atoms with van der Waals surface area (Å²) in [7, 11) is 1.39. The van der Waals surface area contributed by atoms with Gasteiger partial charge in [-0.25, -0.2) is 9.48 Å². The van der Waals surface area contributed by atoms with E-state index in [1.54, 1.807) is 16.4 Å². The maximum Gasteiger partial charge on any atom is 0.338 e. The third-order valence-corrected chi connectivity index (χ3v) is 7.69. The van der Waals surface area contributed by atoms with Crippen molar-refractivity contribution in [2.24, 2.45) is 0 Å². The van der Waals surface area contributed by atoms with Gasteiger partial charge < -0.3 is 14.8 Å². The van der Waals surface area contributed by atoms with Crippen LogP contribution in [0.2, 0.25) is 0 Å². The first-order chi connectivity index (χ1) is 17.6. The van der Waals surface area contributed by atoms with E-state index < -0.39 is 12.0 Å². The lowest BCUT2D eigenvalue weighted by molar-refractivity contribution is -0.136. The van der Waals surface area contributed by atoms with Crippen molar-refractivity contribution in [1.82, 2.24) is 14.8 Å². The average molecular weight is 586 g/mol. The van der Waals surface area contributed by atoms with Gasteiger partial charge >= 0.3 is 5.97 Å². The highest BCUT2D eigenvalue weighted by molar-refractivity contribution is 9.10. The second kappa shape index (κ2) is 11.3. The number of benzene rings is 2. The molecule has 0 spiro atoms. The first-order valence-electron chi connectivity index (χ1n) is 12.3. The molecule has 0 saturated heterocycles. The van der Waals surface area contributed by atoms with E-state index >= 15 is 0 Å². The van der Waals surface area contributed by atoms with Crippen LogP contribution in [0.5, 0.6) is 5.75 Å². The average Bonchev–Trinajstić information content (AvgIpc) is 3.27. The zero-order chi connectivity index (χ0) is 26.7. The Bertz CT molecular complexity index is 1310. The van der Waals surface area contributed by atoms with Gasteiger partial charge in [0.25, 0.3) is 0 Å². The van der Waals surface area contributed by atoms with Gasteiger partial charge in [0.15, 0.2) is 0 Å². The van der Waals surface area contributed by atoms with Crippen LogP contribution in [0.1, 0.15) is 63.8 Å². The summed E-state index contributed by atoms with van der Waals surface area (Å²) in [6.45, 7) is 11.0. The molecule has 37 heavy (non-hydrogen) atoms. The minimum Gasteiger partial charge on any atom is -0.489 e. The van der Waals surface area contributed by atoms with E-state index in [0.717, 1.165) is 27.8 Å². The normalized spacial score (nSPS) is 15.3. The van der Waals surface area contributed by atoms with E-state index in [1.165, 1.54) is 12.7 Å². The van der Waals surface area contributed by atoms with Gasteiger partial charge in [0.1, 0.15) is 18.4 Å². The molecule has 0 aliphatic carbocycles. The number of rotatable bonds is 8. The summed E-state index contributed by atoms with van der Waals surface area (Å²) in [6, 6.07) is 13.7. The van der Waals surface area contributed by atoms with Crippen LogP contribution in [-0.2, 0) is 21.6 Å². The van der Waals surface area contributed by atoms with Gasteiger partial charge in [-0.1, -0.05) is 79.7 Å². The van der Waals surface area contributed by atoms with Crippen LogP contribution in [0.3, 0.4) is 0 Å². The number of methoxy groups -OCH3 is 1. The molecule has 4 rings (SSSR count). The molecule has 0 saturated carbocycles. The quantitative estimate of drug-likeness (QED) is 0.228. The van der Waals surface area contributed by atoms with E-state index in [1.807, 2.05) is 25.1 Å². The molecule has 196 valence electrons. The van der Waals surface area contributed by atoms with Crippen molar-refractivity contribution < 1.29 is 14.3 Å². The van der Waals surface area contributed by atoms with E-state index in [0.29, 0.717) is 34.7 Å². The Morgan fingerprint density at radius 2 is 1.92 bits per heavy atom. The molecule has 1 N–H and O–H groups in total. The van der Waals surface area contributed by atoms with Gasteiger partial charge in [0.2, 0.25) is 11.1 Å². The SMILES string of the molecule is CCCSc1nc2n(n1)C(c1cc(Br)ccc1OCc1ccc(C(C)(C)C)cc1)C(C(=O)OC)=C(C)N2. The number of nitrogens with one attached hydrogen (secondary N) is 1. The van der Waals surface area contributed by atoms with Gasteiger partial charge in [-0.3, -0.25) is 0 Å². The maximum atomic E-state index is 13.0. The summed E-state index contributed by atoms with van der Waals surface area (Å²) in [6.07, 6.45) is 1.01. The van der Waals surface area contributed by atoms with Crippen LogP contribution in [0.15, 0.2) is 63.4 Å². The molecule has 0 radical (unpaired) electrons. The van der Waals surface area contributed by atoms with Crippen LogP contribution in [0.4, 0.5) is 5.95 Å². The molecular weight excluding hydrogens is 552 g/mol. The van der Waals surface area contributed by atoms with E-state index in [9.17, 15) is 4.79 Å². The molecule has 3 aromatic rings. The molecule has 0 fully saturated rings. The van der Waals surface area contributed by atoms with Crippen LogP contribution in [-0.4, -0.2) is 33.6 Å². The van der Waals surface area contributed by atoms with Crippen LogP contribution in [0, 0.1) is 0 Å². The Hall–Kier alpha value is -2.78. The fourth-order valence-electron chi connectivity index (χ4n) is 4.17. The Kier molecular flexibility index (Phi) is 8.33. The lowest BCUT2D eigenvalue weighted by Gasteiger charge is -2.29. The van der Waals surface area contributed by atoms with Crippen molar-refractivity contribution in [1.29, 1.82) is 0 Å². The predicted octanol–water partition coefficient (Wildman–Crippen LogP) is 6.88. The number of fused-ring (bicyclic) bond motifs is 1. The topological polar surface area (TPSA) is 78.3 Å². The first-order valence-corrected chi connectivity index (χ1v) is 14.1. The first kappa shape index (κ1) is 27.3. The number of allylic oxidation sites excluding steroid dienone is 1. The van der Waals surface area contributed by atoms with Crippen LogP contribution >= 0.6 is 27.7 Å². The number of aromatic nitrogens is 3. The molecule has 1 aliphatic heterocycles. The highest BCUT2D eigenvalue weighted by Gasteiger charge is 2.36. The number of carbonyl (C=O) groups excluding carboxylic acids is 1. The maximum absolute atomic E-state index is 13.0. The molecule has 2 aromatic carbocycles. The molecule has 1 aromatic heterocycles. The minimum absolute atomic E-state index is 0.0888. The van der Waals surface area contributed by atoms with Crippen molar-refractivity contribution in [3.63, 3.8) is 0 Å². The highest BCUT2D eigenvalue weighted by Crippen LogP contribution is 2.41. The summed E-state index contributed by atoms with van der Waals surface area (Å²) in [4.78, 5) is 17.7. The smallest absolute Gasteiger partial charge is 0.338 e. The highest BCUT2D eigenvalue weighted by atomic mass is 79.9. The lowest BCUT2D eigenvalue weighted by atomic mass is 9.87. The molecule has 1 atom stereocenters. The number of hydrogen-bond acceptors (Lipinski definition) is 7. The lowest BCUT2D eigenvalue weighted by Crippen LogP contribution is -2.29. The Labute approximate surface area is 231 Å². The summed E-state index contributed by atoms with van der Waals surface area (Å²) in [5.74, 6) is 1.72. The van der Waals surface area contributed by atoms with E-state index in [2.05, 4.69) is 78.2 Å². The van der Waals surface area contributed by atoms with Crippen LogP contribution in [0.25, 0.3) is 0 Å². The van der Waals surface area contributed by atoms with E-state index in [4.69, 9.17) is 14.6 Å². The standard InChI is InChI=1S/C28H33BrN4O3S/c1-7-14-37-27-31-26-30-17(2)23(25(34)35-6)24(33(26)32-27)21-15-20(29)12-13-22(21)36-16-18-8-10-19(11-9-18)28(3,4)5/h8-13,15,24H,7,14,16H2,1-6H3,(H,30,31,32). The number of ether oxygens (including phenoxy) is 2. The molecule has 1 aliphatic rings. The summed E-state index contributed by atoms with van der Waals surface area (Å²) < 4.78 is 14.2. The Morgan fingerprint density at radius 1 is 1.19 bits per heavy atom. The molecule has 7 nitrogen and oxygen atoms in total. The third-order valence-electron chi connectivity index (χ3n) is 6.15. The second-order valence-electron chi connectivity index (χ2n) is 9.99. The summed E-state index contributed by atoms with van der Waals surface area (Å²) >= 11 is 5.19. The zero-order valence-electron chi connectivity index (χ0n) is 22.1.